The van der Waals surface area contributed by atoms with Crippen LogP contribution in [0.1, 0.15) is 174 Å². The van der Waals surface area contributed by atoms with Crippen LogP contribution in [0.5, 0.6) is 0 Å². The summed E-state index contributed by atoms with van der Waals surface area (Å²) in [4.78, 5) is 0. The monoisotopic (exact) mass is 1720 g/mol. The van der Waals surface area contributed by atoms with Gasteiger partial charge in [0.25, 0.3) is 0 Å². The molecule has 4 aromatic rings. The van der Waals surface area contributed by atoms with E-state index in [4.69, 9.17) is 0 Å². The van der Waals surface area contributed by atoms with E-state index < -0.39 is 75.7 Å². The molecule has 0 bridgehead atoms. The van der Waals surface area contributed by atoms with Crippen LogP contribution < -0.4 is 20.7 Å². The Kier molecular flexibility index (Phi) is 19.6. The molecular formula is C98H128Cl2HfSi6. The van der Waals surface area contributed by atoms with E-state index in [1.54, 1.807) is 20.7 Å². The summed E-state index contributed by atoms with van der Waals surface area (Å²) in [5.74, 6) is -0.0296. The molecule has 8 aliphatic carbocycles. The summed E-state index contributed by atoms with van der Waals surface area (Å²) in [5, 5.41) is 6.62. The summed E-state index contributed by atoms with van der Waals surface area (Å²) < 4.78 is -2.81. The first-order valence-electron chi connectivity index (χ1n) is 41.9. The molecule has 2 fully saturated rings. The number of halogens is 2. The van der Waals surface area contributed by atoms with Crippen LogP contribution in [-0.4, -0.2) is 49.9 Å². The van der Waals surface area contributed by atoms with Gasteiger partial charge in [0.05, 0.1) is 0 Å². The Balaban J connectivity index is 1.20. The van der Waals surface area contributed by atoms with Crippen molar-refractivity contribution in [1.82, 2.24) is 0 Å². The fourth-order valence-corrected chi connectivity index (χ4v) is 209. The molecule has 8 unspecified atom stereocenters. The number of fused-ring (bicyclic) bond motifs is 8. The Morgan fingerprint density at radius 3 is 0.617 bits per heavy atom. The van der Waals surface area contributed by atoms with Crippen molar-refractivity contribution in [3.05, 3.63) is 304 Å². The third kappa shape index (κ3) is 9.60. The third-order valence-electron chi connectivity index (χ3n) is 29.9. The maximum atomic E-state index is 11.9. The number of benzene rings is 4. The van der Waals surface area contributed by atoms with E-state index in [2.05, 4.69) is 345 Å². The average molecular weight is 1720 g/mol. The van der Waals surface area contributed by atoms with Gasteiger partial charge in [-0.2, -0.15) is 0 Å². The quantitative estimate of drug-likeness (QED) is 0.0981. The van der Waals surface area contributed by atoms with Crippen molar-refractivity contribution in [3.8, 4) is 0 Å². The van der Waals surface area contributed by atoms with Crippen LogP contribution in [0.2, 0.25) is 103 Å². The van der Waals surface area contributed by atoms with Gasteiger partial charge in [0.1, 0.15) is 0 Å². The molecule has 10 aliphatic rings. The Bertz CT molecular complexity index is 4360. The van der Waals surface area contributed by atoms with Crippen molar-refractivity contribution < 1.29 is 14.7 Å². The second-order valence-electron chi connectivity index (χ2n) is 38.6. The Hall–Kier alpha value is -4.53. The van der Waals surface area contributed by atoms with Crippen LogP contribution >= 0.6 is 17.2 Å². The fourth-order valence-electron chi connectivity index (χ4n) is 27.9. The normalized spacial score (nSPS) is 29.7. The van der Waals surface area contributed by atoms with Gasteiger partial charge >= 0.3 is 667 Å². The van der Waals surface area contributed by atoms with Crippen molar-refractivity contribution in [2.45, 2.75) is 261 Å². The van der Waals surface area contributed by atoms with E-state index in [0.717, 1.165) is 51.4 Å². The summed E-state index contributed by atoms with van der Waals surface area (Å²) in [7, 11) is 11.6. The van der Waals surface area contributed by atoms with Crippen LogP contribution in [0.4, 0.5) is 0 Å². The molecule has 14 rings (SSSR count). The fraction of sp³-hybridized carbons (Fsp3) is 0.429. The number of rotatable bonds is 16. The van der Waals surface area contributed by atoms with Gasteiger partial charge < -0.3 is 0 Å². The third-order valence-corrected chi connectivity index (χ3v) is 156. The molecule has 9 heteroatoms. The molecule has 562 valence electrons. The van der Waals surface area contributed by atoms with Gasteiger partial charge in [0.15, 0.2) is 0 Å². The van der Waals surface area contributed by atoms with Crippen LogP contribution in [0.25, 0.3) is 0 Å². The van der Waals surface area contributed by atoms with Crippen LogP contribution in [-0.2, 0) is 66.0 Å². The molecule has 107 heavy (non-hydrogen) atoms. The Morgan fingerprint density at radius 2 is 0.467 bits per heavy atom. The van der Waals surface area contributed by atoms with Gasteiger partial charge in [-0.25, -0.2) is 0 Å². The Morgan fingerprint density at radius 1 is 0.299 bits per heavy atom. The second-order valence-corrected chi connectivity index (χ2v) is 113. The standard InChI is InChI=1S/2C49H64Si3.2ClH.Hf/c2*1-14-34-28-38(29-35(15-2)48(34)51(8,9)10)40-22-18-20-24-42-44(40)26-32(5)46(42)50(7)47-33(6)27-45-41(23-19-21-25-43(45)47)39-30-36(16-3)49(52(11,12)13)37(17-4)31-39;;;/h2*18-31,40-41,50H,14-17H2,1-13H3;2*1H;/q;;;;+2/p-2. The molecule has 2 aliphatic heterocycles. The first kappa shape index (κ1) is 79.1. The summed E-state index contributed by atoms with van der Waals surface area (Å²) in [5.41, 5.74) is 35.2. The predicted octanol–water partition coefficient (Wildman–Crippen LogP) is 25.4. The average Bonchev–Trinajstić information content (AvgIpc) is 1.51. The molecule has 5 spiro atoms. The minimum atomic E-state index is -7.99. The topological polar surface area (TPSA) is 0 Å². The predicted molar refractivity (Wildman–Crippen MR) is 488 cm³/mol. The van der Waals surface area contributed by atoms with Crippen LogP contribution in [0.15, 0.2) is 237 Å². The zero-order valence-electron chi connectivity index (χ0n) is 70.5. The number of allylic oxidation sites excluding steroid dienone is 32. The summed E-state index contributed by atoms with van der Waals surface area (Å²) in [6.07, 6.45) is 59.7. The van der Waals surface area contributed by atoms with E-state index in [-0.39, 0.29) is 23.7 Å². The first-order chi connectivity index (χ1) is 50.4. The molecule has 2 saturated heterocycles. The van der Waals surface area contributed by atoms with Crippen LogP contribution in [0, 0.1) is 0 Å². The van der Waals surface area contributed by atoms with E-state index in [1.165, 1.54) is 134 Å². The van der Waals surface area contributed by atoms with Crippen molar-refractivity contribution in [1.29, 1.82) is 0 Å². The molecule has 0 saturated carbocycles. The molecule has 0 nitrogen and oxygen atoms in total. The Labute approximate surface area is 660 Å². The summed E-state index contributed by atoms with van der Waals surface area (Å²) in [6, 6.07) is 21.3. The van der Waals surface area contributed by atoms with Crippen molar-refractivity contribution in [2.75, 3.05) is 0 Å². The maximum absolute atomic E-state index is 11.9. The number of hydrogen-bond donors (Lipinski definition) is 0. The van der Waals surface area contributed by atoms with E-state index in [0.29, 0.717) is 0 Å². The van der Waals surface area contributed by atoms with Gasteiger partial charge in [0, 0.05) is 0 Å². The van der Waals surface area contributed by atoms with E-state index in [1.807, 2.05) is 0 Å². The SMILES string of the molecule is CCc1cc(C2C=CC=CC3=C2C=C(C)[C]32[SiH](C)[C]3(C(C)=CC4=C3C=CC=CC4c3cc(CC)c([Si](C)(C)C)c(CC)c3)[Hf]23([Cl])([Cl])[C]2(C(C)=CC4=C2C=CC=CC4c2cc(CC)c([Si](C)(C)C)c(CC)c2)[SiH](C)[C]32C(C)=CC3=C2C=CC=CC3c2cc(CC)c([Si](C)(C)C)c(CC)c2)cc(CC)c1[Si](C)(C)C. The van der Waals surface area contributed by atoms with Gasteiger partial charge in [0.2, 0.25) is 0 Å². The zero-order chi connectivity index (χ0) is 77.5. The second kappa shape index (κ2) is 26.5. The molecule has 0 aromatic heterocycles. The minimum absolute atomic E-state index is 0.00741. The first-order valence-corrected chi connectivity index (χ1v) is 76.6. The van der Waals surface area contributed by atoms with Gasteiger partial charge in [-0.1, -0.05) is 0 Å². The molecular weight excluding hydrogens is 1590 g/mol. The van der Waals surface area contributed by atoms with Crippen molar-refractivity contribution in [3.63, 3.8) is 0 Å². The van der Waals surface area contributed by atoms with E-state index >= 15 is 0 Å². The number of aryl methyl sites for hydroxylation is 8. The van der Waals surface area contributed by atoms with Gasteiger partial charge in [-0.3, -0.25) is 0 Å². The zero-order valence-corrected chi connectivity index (χ0v) is 82.0. The molecule has 8 atom stereocenters. The summed E-state index contributed by atoms with van der Waals surface area (Å²) in [6.45, 7) is 66.2. The van der Waals surface area contributed by atoms with Crippen LogP contribution in [0.3, 0.4) is 0 Å². The number of hydrogen-bond acceptors (Lipinski definition) is 0. The van der Waals surface area contributed by atoms with Crippen molar-refractivity contribution >= 4 is 87.8 Å². The molecule has 0 radical (unpaired) electrons. The van der Waals surface area contributed by atoms with Crippen molar-refractivity contribution in [2.24, 2.45) is 0 Å². The van der Waals surface area contributed by atoms with E-state index in [9.17, 15) is 17.2 Å². The molecule has 0 N–H and O–H groups in total. The molecule has 2 heterocycles. The summed E-state index contributed by atoms with van der Waals surface area (Å²) >= 11 is -7.99. The molecule has 0 amide bonds. The van der Waals surface area contributed by atoms with Gasteiger partial charge in [-0.15, -0.1) is 0 Å². The molecule has 4 aromatic carbocycles. The van der Waals surface area contributed by atoms with Gasteiger partial charge in [-0.05, 0) is 0 Å².